The molecule has 96 valence electrons. The van der Waals surface area contributed by atoms with Gasteiger partial charge in [-0.25, -0.2) is 0 Å². The fraction of sp³-hybridized carbons (Fsp3) is 0.600. The molecule has 0 saturated heterocycles. The average Bonchev–Trinajstić information content (AvgIpc) is 2.31. The normalized spacial score (nSPS) is 14.6. The van der Waals surface area contributed by atoms with Crippen LogP contribution in [0.2, 0.25) is 0 Å². The summed E-state index contributed by atoms with van der Waals surface area (Å²) >= 11 is 0. The fourth-order valence-corrected chi connectivity index (χ4v) is 1.87. The third kappa shape index (κ3) is 4.14. The zero-order valence-corrected chi connectivity index (χ0v) is 11.5. The Hall–Kier alpha value is -0.860. The minimum Gasteiger partial charge on any atom is -0.396 e. The smallest absolute Gasteiger partial charge is 0.0448 e. The molecule has 1 aromatic rings. The first kappa shape index (κ1) is 14.2. The average molecular weight is 235 g/mol. The Labute approximate surface area is 105 Å². The molecule has 0 aromatic heterocycles. The Bertz CT molecular complexity index is 362. The van der Waals surface area contributed by atoms with Gasteiger partial charge in [0.1, 0.15) is 0 Å². The van der Waals surface area contributed by atoms with E-state index in [1.807, 2.05) is 0 Å². The van der Waals surface area contributed by atoms with Gasteiger partial charge in [-0.2, -0.15) is 0 Å². The fourth-order valence-electron chi connectivity index (χ4n) is 1.87. The number of aliphatic hydroxyl groups is 1. The first-order chi connectivity index (χ1) is 8.00. The molecule has 0 aliphatic heterocycles. The molecule has 0 heterocycles. The molecule has 0 aliphatic rings. The van der Waals surface area contributed by atoms with Crippen molar-refractivity contribution < 1.29 is 5.11 Å². The monoisotopic (exact) mass is 235 g/mol. The first-order valence-corrected chi connectivity index (χ1v) is 6.43. The Kier molecular flexibility index (Phi) is 5.16. The van der Waals surface area contributed by atoms with Gasteiger partial charge in [0.2, 0.25) is 0 Å². The summed E-state index contributed by atoms with van der Waals surface area (Å²) in [5.74, 6) is 0. The van der Waals surface area contributed by atoms with Gasteiger partial charge >= 0.3 is 0 Å². The molecule has 1 aromatic carbocycles. The zero-order chi connectivity index (χ0) is 12.9. The molecule has 0 spiro atoms. The third-order valence-electron chi connectivity index (χ3n) is 3.73. The minimum absolute atomic E-state index is 0.0353. The van der Waals surface area contributed by atoms with E-state index in [1.54, 1.807) is 0 Å². The minimum atomic E-state index is 0.0353. The molecule has 1 rings (SSSR count). The second-order valence-corrected chi connectivity index (χ2v) is 5.16. The Morgan fingerprint density at radius 3 is 2.47 bits per heavy atom. The van der Waals surface area contributed by atoms with E-state index in [1.165, 1.54) is 16.7 Å². The standard InChI is InChI=1S/C15H25NO/c1-5-15(4,8-9-17)16-11-14-7-6-12(2)13(3)10-14/h6-7,10,16-17H,5,8-9,11H2,1-4H3. The highest BCUT2D eigenvalue weighted by Gasteiger charge is 2.20. The maximum absolute atomic E-state index is 9.07. The molecule has 2 N–H and O–H groups in total. The van der Waals surface area contributed by atoms with Crippen molar-refractivity contribution in [2.45, 2.75) is 52.6 Å². The van der Waals surface area contributed by atoms with E-state index in [0.717, 1.165) is 19.4 Å². The topological polar surface area (TPSA) is 32.3 Å². The second-order valence-electron chi connectivity index (χ2n) is 5.16. The molecular weight excluding hydrogens is 210 g/mol. The van der Waals surface area contributed by atoms with Crippen molar-refractivity contribution in [3.63, 3.8) is 0 Å². The third-order valence-corrected chi connectivity index (χ3v) is 3.73. The molecule has 0 aliphatic carbocycles. The van der Waals surface area contributed by atoms with Gasteiger partial charge in [-0.15, -0.1) is 0 Å². The predicted octanol–water partition coefficient (Wildman–Crippen LogP) is 2.94. The highest BCUT2D eigenvalue weighted by atomic mass is 16.3. The van der Waals surface area contributed by atoms with Crippen LogP contribution in [-0.4, -0.2) is 17.3 Å². The van der Waals surface area contributed by atoms with Crippen LogP contribution in [0.3, 0.4) is 0 Å². The summed E-state index contributed by atoms with van der Waals surface area (Å²) < 4.78 is 0. The predicted molar refractivity (Wildman–Crippen MR) is 73.2 cm³/mol. The molecule has 1 atom stereocenters. The maximum atomic E-state index is 9.07. The van der Waals surface area contributed by atoms with Gasteiger partial charge in [0.05, 0.1) is 0 Å². The summed E-state index contributed by atoms with van der Waals surface area (Å²) in [7, 11) is 0. The lowest BCUT2D eigenvalue weighted by Gasteiger charge is -2.29. The van der Waals surface area contributed by atoms with Crippen LogP contribution in [-0.2, 0) is 6.54 Å². The number of hydrogen-bond donors (Lipinski definition) is 2. The quantitative estimate of drug-likeness (QED) is 0.794. The summed E-state index contributed by atoms with van der Waals surface area (Å²) in [4.78, 5) is 0. The first-order valence-electron chi connectivity index (χ1n) is 6.43. The van der Waals surface area contributed by atoms with Crippen molar-refractivity contribution in [2.75, 3.05) is 6.61 Å². The molecule has 0 fully saturated rings. The molecule has 0 amide bonds. The van der Waals surface area contributed by atoms with Gasteiger partial charge in [0, 0.05) is 18.7 Å². The highest BCUT2D eigenvalue weighted by molar-refractivity contribution is 5.29. The summed E-state index contributed by atoms with van der Waals surface area (Å²) in [6.45, 7) is 9.71. The number of benzene rings is 1. The summed E-state index contributed by atoms with van der Waals surface area (Å²) in [6.07, 6.45) is 1.83. The van der Waals surface area contributed by atoms with Gasteiger partial charge < -0.3 is 10.4 Å². The zero-order valence-electron chi connectivity index (χ0n) is 11.5. The lowest BCUT2D eigenvalue weighted by molar-refractivity contribution is 0.214. The van der Waals surface area contributed by atoms with Crippen LogP contribution in [0.25, 0.3) is 0 Å². The number of hydrogen-bond acceptors (Lipinski definition) is 2. The summed E-state index contributed by atoms with van der Waals surface area (Å²) in [5.41, 5.74) is 4.02. The molecule has 0 saturated carbocycles. The summed E-state index contributed by atoms with van der Waals surface area (Å²) in [6, 6.07) is 6.57. The molecule has 0 radical (unpaired) electrons. The van der Waals surface area contributed by atoms with Gasteiger partial charge in [-0.3, -0.25) is 0 Å². The van der Waals surface area contributed by atoms with Crippen molar-refractivity contribution in [2.24, 2.45) is 0 Å². The summed E-state index contributed by atoms with van der Waals surface area (Å²) in [5, 5.41) is 12.6. The number of rotatable bonds is 6. The number of nitrogens with one attached hydrogen (secondary N) is 1. The van der Waals surface area contributed by atoms with Crippen LogP contribution >= 0.6 is 0 Å². The van der Waals surface area contributed by atoms with E-state index in [4.69, 9.17) is 5.11 Å². The van der Waals surface area contributed by atoms with Crippen molar-refractivity contribution in [3.05, 3.63) is 34.9 Å². The SMILES string of the molecule is CCC(C)(CCO)NCc1ccc(C)c(C)c1. The Morgan fingerprint density at radius 1 is 1.24 bits per heavy atom. The molecule has 2 heteroatoms. The molecule has 0 bridgehead atoms. The van der Waals surface area contributed by atoms with E-state index in [-0.39, 0.29) is 12.1 Å². The van der Waals surface area contributed by atoms with Gasteiger partial charge in [0.25, 0.3) is 0 Å². The van der Waals surface area contributed by atoms with Gasteiger partial charge in [-0.1, -0.05) is 25.1 Å². The van der Waals surface area contributed by atoms with E-state index in [2.05, 4.69) is 51.2 Å². The van der Waals surface area contributed by atoms with Crippen molar-refractivity contribution >= 4 is 0 Å². The molecule has 17 heavy (non-hydrogen) atoms. The number of aliphatic hydroxyl groups excluding tert-OH is 1. The van der Waals surface area contributed by atoms with E-state index in [9.17, 15) is 0 Å². The molecular formula is C15H25NO. The lowest BCUT2D eigenvalue weighted by Crippen LogP contribution is -2.42. The Balaban J connectivity index is 2.62. The van der Waals surface area contributed by atoms with Crippen molar-refractivity contribution in [1.29, 1.82) is 0 Å². The van der Waals surface area contributed by atoms with Gasteiger partial charge in [0.15, 0.2) is 0 Å². The number of aryl methyl sites for hydroxylation is 2. The van der Waals surface area contributed by atoms with Gasteiger partial charge in [-0.05, 0) is 50.3 Å². The van der Waals surface area contributed by atoms with E-state index < -0.39 is 0 Å². The van der Waals surface area contributed by atoms with Crippen LogP contribution < -0.4 is 5.32 Å². The van der Waals surface area contributed by atoms with Crippen LogP contribution in [0.1, 0.15) is 43.4 Å². The van der Waals surface area contributed by atoms with Crippen LogP contribution in [0.15, 0.2) is 18.2 Å². The second kappa shape index (κ2) is 6.18. The van der Waals surface area contributed by atoms with Crippen LogP contribution in [0.5, 0.6) is 0 Å². The van der Waals surface area contributed by atoms with E-state index >= 15 is 0 Å². The lowest BCUT2D eigenvalue weighted by atomic mass is 9.94. The van der Waals surface area contributed by atoms with Crippen LogP contribution in [0, 0.1) is 13.8 Å². The Morgan fingerprint density at radius 2 is 1.94 bits per heavy atom. The molecule has 2 nitrogen and oxygen atoms in total. The highest BCUT2D eigenvalue weighted by Crippen LogP contribution is 2.16. The largest absolute Gasteiger partial charge is 0.396 e. The van der Waals surface area contributed by atoms with Crippen molar-refractivity contribution in [3.8, 4) is 0 Å². The maximum Gasteiger partial charge on any atom is 0.0448 e. The molecule has 1 unspecified atom stereocenters. The van der Waals surface area contributed by atoms with E-state index in [0.29, 0.717) is 0 Å². The van der Waals surface area contributed by atoms with Crippen LogP contribution in [0.4, 0.5) is 0 Å². The van der Waals surface area contributed by atoms with Crippen molar-refractivity contribution in [1.82, 2.24) is 5.32 Å².